The summed E-state index contributed by atoms with van der Waals surface area (Å²) in [4.78, 5) is 11.0. The Bertz CT molecular complexity index is 450. The van der Waals surface area contributed by atoms with Crippen molar-refractivity contribution in [2.75, 3.05) is 14.2 Å². The number of methoxy groups -OCH3 is 2. The van der Waals surface area contributed by atoms with Crippen LogP contribution in [0.2, 0.25) is 0 Å². The van der Waals surface area contributed by atoms with Crippen LogP contribution in [0.1, 0.15) is 20.3 Å². The Morgan fingerprint density at radius 3 is 2.10 bits per heavy atom. The monoisotopic (exact) mass is 283 g/mol. The number of carboxylic acid groups (broad SMARTS) is 1. The second-order valence-corrected chi connectivity index (χ2v) is 4.90. The van der Waals surface area contributed by atoms with Gasteiger partial charge in [-0.3, -0.25) is 4.79 Å². The van der Waals surface area contributed by atoms with Crippen LogP contribution in [-0.2, 0) is 4.79 Å². The topological polar surface area (TPSA) is 91.0 Å². The van der Waals surface area contributed by atoms with Crippen LogP contribution < -0.4 is 19.9 Å². The minimum atomic E-state index is -1.33. The average molecular weight is 283 g/mol. The van der Waals surface area contributed by atoms with Crippen LogP contribution in [0.3, 0.4) is 0 Å². The van der Waals surface area contributed by atoms with E-state index in [9.17, 15) is 4.79 Å². The van der Waals surface area contributed by atoms with E-state index in [1.807, 2.05) is 0 Å². The van der Waals surface area contributed by atoms with Gasteiger partial charge >= 0.3 is 5.97 Å². The molecule has 0 aromatic heterocycles. The summed E-state index contributed by atoms with van der Waals surface area (Å²) in [5, 5.41) is 9.00. The molecule has 1 aromatic carbocycles. The van der Waals surface area contributed by atoms with E-state index in [-0.39, 0.29) is 12.5 Å². The van der Waals surface area contributed by atoms with Gasteiger partial charge in [0.25, 0.3) is 0 Å². The second-order valence-electron chi connectivity index (χ2n) is 4.90. The van der Waals surface area contributed by atoms with Gasteiger partial charge < -0.3 is 25.1 Å². The molecule has 1 aromatic rings. The Labute approximate surface area is 118 Å². The number of aliphatic carboxylic acids is 1. The highest BCUT2D eigenvalue weighted by Crippen LogP contribution is 2.28. The van der Waals surface area contributed by atoms with Gasteiger partial charge in [-0.2, -0.15) is 0 Å². The molecule has 0 fully saturated rings. The summed E-state index contributed by atoms with van der Waals surface area (Å²) < 4.78 is 16.0. The molecule has 0 bridgehead atoms. The van der Waals surface area contributed by atoms with Crippen molar-refractivity contribution in [3.05, 3.63) is 18.2 Å². The lowest BCUT2D eigenvalue weighted by molar-refractivity contribution is -0.143. The van der Waals surface area contributed by atoms with Gasteiger partial charge in [0.15, 0.2) is 0 Å². The Hall–Kier alpha value is -1.95. The first-order chi connectivity index (χ1) is 9.28. The van der Waals surface area contributed by atoms with Gasteiger partial charge in [-0.1, -0.05) is 0 Å². The lowest BCUT2D eigenvalue weighted by atomic mass is 9.96. The number of carbonyl (C=O) groups is 1. The first kappa shape index (κ1) is 16.1. The molecule has 0 spiro atoms. The van der Waals surface area contributed by atoms with E-state index < -0.39 is 11.5 Å². The number of nitrogens with two attached hydrogens (primary N) is 1. The number of ether oxygens (including phenoxy) is 3. The van der Waals surface area contributed by atoms with E-state index >= 15 is 0 Å². The predicted octanol–water partition coefficient (Wildman–Crippen LogP) is 1.66. The molecule has 0 amide bonds. The average Bonchev–Trinajstić information content (AvgIpc) is 2.37. The summed E-state index contributed by atoms with van der Waals surface area (Å²) in [6.07, 6.45) is -0.181. The van der Waals surface area contributed by atoms with Crippen LogP contribution in [0.25, 0.3) is 0 Å². The van der Waals surface area contributed by atoms with E-state index in [1.54, 1.807) is 39.3 Å². The summed E-state index contributed by atoms with van der Waals surface area (Å²) >= 11 is 0. The lowest BCUT2D eigenvalue weighted by Crippen LogP contribution is -2.47. The smallest absolute Gasteiger partial charge is 0.323 e. The van der Waals surface area contributed by atoms with Crippen LogP contribution >= 0.6 is 0 Å². The van der Waals surface area contributed by atoms with Crippen LogP contribution in [0.15, 0.2) is 18.2 Å². The largest absolute Gasteiger partial charge is 0.496 e. The molecule has 0 heterocycles. The highest BCUT2D eigenvalue weighted by atomic mass is 16.5. The molecular formula is C14H21NO5. The first-order valence-corrected chi connectivity index (χ1v) is 6.20. The zero-order chi connectivity index (χ0) is 15.3. The minimum Gasteiger partial charge on any atom is -0.496 e. The second kappa shape index (κ2) is 6.47. The van der Waals surface area contributed by atoms with Crippen LogP contribution in [0, 0.1) is 0 Å². The molecule has 0 saturated heterocycles. The van der Waals surface area contributed by atoms with Crippen molar-refractivity contribution in [1.29, 1.82) is 0 Å². The van der Waals surface area contributed by atoms with E-state index in [0.29, 0.717) is 17.2 Å². The van der Waals surface area contributed by atoms with Crippen molar-refractivity contribution in [3.8, 4) is 17.2 Å². The molecule has 1 rings (SSSR count). The van der Waals surface area contributed by atoms with Crippen LogP contribution in [0.5, 0.6) is 17.2 Å². The summed E-state index contributed by atoms with van der Waals surface area (Å²) in [5.74, 6) is 0.673. The fraction of sp³-hybridized carbons (Fsp3) is 0.500. The number of benzene rings is 1. The highest BCUT2D eigenvalue weighted by Gasteiger charge is 2.30. The quantitative estimate of drug-likeness (QED) is 0.791. The van der Waals surface area contributed by atoms with Gasteiger partial charge in [-0.25, -0.2) is 0 Å². The maximum absolute atomic E-state index is 11.0. The summed E-state index contributed by atoms with van der Waals surface area (Å²) in [6.45, 7) is 3.22. The molecule has 112 valence electrons. The molecule has 0 radical (unpaired) electrons. The predicted molar refractivity (Wildman–Crippen MR) is 74.5 cm³/mol. The van der Waals surface area contributed by atoms with Gasteiger partial charge in [0, 0.05) is 24.6 Å². The molecule has 2 atom stereocenters. The molecule has 2 unspecified atom stereocenters. The SMILES string of the molecule is COc1cc(OC)cc(OC(C)CC(C)(N)C(=O)O)c1. The Morgan fingerprint density at radius 2 is 1.70 bits per heavy atom. The molecule has 6 nitrogen and oxygen atoms in total. The zero-order valence-electron chi connectivity index (χ0n) is 12.2. The fourth-order valence-electron chi connectivity index (χ4n) is 1.81. The Kier molecular flexibility index (Phi) is 5.21. The molecule has 3 N–H and O–H groups in total. The number of rotatable bonds is 7. The minimum absolute atomic E-state index is 0.182. The molecule has 6 heteroatoms. The standard InChI is InChI=1S/C14H21NO5/c1-9(8-14(2,15)13(16)17)20-12-6-10(18-3)5-11(7-12)19-4/h5-7,9H,8,15H2,1-4H3,(H,16,17). The molecular weight excluding hydrogens is 262 g/mol. The van der Waals surface area contributed by atoms with Crippen molar-refractivity contribution in [1.82, 2.24) is 0 Å². The lowest BCUT2D eigenvalue weighted by Gasteiger charge is -2.24. The summed E-state index contributed by atoms with van der Waals surface area (Å²) in [7, 11) is 3.09. The van der Waals surface area contributed by atoms with Gasteiger partial charge in [0.05, 0.1) is 20.3 Å². The first-order valence-electron chi connectivity index (χ1n) is 6.20. The maximum Gasteiger partial charge on any atom is 0.323 e. The van der Waals surface area contributed by atoms with E-state index in [1.165, 1.54) is 6.92 Å². The molecule has 0 aliphatic carbocycles. The van der Waals surface area contributed by atoms with Gasteiger partial charge in [-0.15, -0.1) is 0 Å². The normalized spacial score (nSPS) is 15.1. The molecule has 0 aliphatic heterocycles. The third-order valence-corrected chi connectivity index (χ3v) is 2.86. The van der Waals surface area contributed by atoms with E-state index in [2.05, 4.69) is 0 Å². The molecule has 20 heavy (non-hydrogen) atoms. The highest BCUT2D eigenvalue weighted by molar-refractivity contribution is 5.77. The fourth-order valence-corrected chi connectivity index (χ4v) is 1.81. The third-order valence-electron chi connectivity index (χ3n) is 2.86. The number of carboxylic acids is 1. The van der Waals surface area contributed by atoms with E-state index in [4.69, 9.17) is 25.1 Å². The third kappa shape index (κ3) is 4.31. The van der Waals surface area contributed by atoms with Crippen molar-refractivity contribution in [2.45, 2.75) is 31.9 Å². The Balaban J connectivity index is 2.80. The van der Waals surface area contributed by atoms with Gasteiger partial charge in [-0.05, 0) is 13.8 Å². The maximum atomic E-state index is 11.0. The van der Waals surface area contributed by atoms with Gasteiger partial charge in [0.1, 0.15) is 22.8 Å². The van der Waals surface area contributed by atoms with Crippen molar-refractivity contribution in [2.24, 2.45) is 5.73 Å². The zero-order valence-corrected chi connectivity index (χ0v) is 12.2. The van der Waals surface area contributed by atoms with Crippen LogP contribution in [-0.4, -0.2) is 36.9 Å². The molecule has 0 saturated carbocycles. The summed E-state index contributed by atoms with van der Waals surface area (Å²) in [6, 6.07) is 5.13. The van der Waals surface area contributed by atoms with Crippen molar-refractivity contribution in [3.63, 3.8) is 0 Å². The van der Waals surface area contributed by atoms with Crippen molar-refractivity contribution >= 4 is 5.97 Å². The number of hydrogen-bond donors (Lipinski definition) is 2. The molecule has 0 aliphatic rings. The van der Waals surface area contributed by atoms with Crippen LogP contribution in [0.4, 0.5) is 0 Å². The number of hydrogen-bond acceptors (Lipinski definition) is 5. The van der Waals surface area contributed by atoms with Gasteiger partial charge in [0.2, 0.25) is 0 Å². The van der Waals surface area contributed by atoms with Crippen molar-refractivity contribution < 1.29 is 24.1 Å². The van der Waals surface area contributed by atoms with E-state index in [0.717, 1.165) is 0 Å². The summed E-state index contributed by atoms with van der Waals surface area (Å²) in [5.41, 5.74) is 4.37. The Morgan fingerprint density at radius 1 is 1.25 bits per heavy atom.